The maximum atomic E-state index is 4.38. The molecule has 0 radical (unpaired) electrons. The number of anilines is 2. The van der Waals surface area contributed by atoms with Crippen molar-refractivity contribution in [2.24, 2.45) is 4.99 Å². The Balaban J connectivity index is 2.18. The first kappa shape index (κ1) is 16.1. The lowest BCUT2D eigenvalue weighted by Crippen LogP contribution is -2.38. The van der Waals surface area contributed by atoms with Crippen molar-refractivity contribution in [1.29, 1.82) is 0 Å². The Morgan fingerprint density at radius 1 is 1.00 bits per heavy atom. The molecular weight excluding hydrogens is 294 g/mol. The molecule has 0 bridgehead atoms. The van der Waals surface area contributed by atoms with Crippen molar-refractivity contribution in [3.05, 3.63) is 83.8 Å². The highest BCUT2D eigenvalue weighted by Gasteiger charge is 2.36. The standard InChI is InChI=1S/C21H23N3/c1-5-11-20-21(22-4)24(19-15-10-9-12-16(19)2)17(3)23(20)18-13-7-6-8-14-18/h5-15,17H,4H2,1-3H3/b11-5-. The zero-order chi connectivity index (χ0) is 17.1. The van der Waals surface area contributed by atoms with E-state index in [9.17, 15) is 0 Å². The van der Waals surface area contributed by atoms with Crippen molar-refractivity contribution in [1.82, 2.24) is 0 Å². The summed E-state index contributed by atoms with van der Waals surface area (Å²) in [7, 11) is 0. The Morgan fingerprint density at radius 3 is 2.29 bits per heavy atom. The average molecular weight is 317 g/mol. The van der Waals surface area contributed by atoms with Gasteiger partial charge < -0.3 is 9.80 Å². The highest BCUT2D eigenvalue weighted by atomic mass is 15.4. The van der Waals surface area contributed by atoms with Gasteiger partial charge in [0.05, 0.1) is 5.70 Å². The number of nitrogens with zero attached hydrogens (tertiary/aromatic N) is 3. The van der Waals surface area contributed by atoms with Gasteiger partial charge in [0, 0.05) is 11.4 Å². The maximum absolute atomic E-state index is 4.38. The molecule has 1 heterocycles. The minimum absolute atomic E-state index is 0.111. The van der Waals surface area contributed by atoms with Crippen molar-refractivity contribution in [3.63, 3.8) is 0 Å². The first-order valence-electron chi connectivity index (χ1n) is 8.22. The third-order valence-electron chi connectivity index (χ3n) is 4.35. The fourth-order valence-corrected chi connectivity index (χ4v) is 3.29. The molecule has 0 aliphatic carbocycles. The van der Waals surface area contributed by atoms with Crippen LogP contribution in [-0.4, -0.2) is 12.9 Å². The summed E-state index contributed by atoms with van der Waals surface area (Å²) < 4.78 is 0. The van der Waals surface area contributed by atoms with Gasteiger partial charge in [-0.2, -0.15) is 0 Å². The number of allylic oxidation sites excluding steroid dienone is 2. The Kier molecular flexibility index (Phi) is 4.52. The van der Waals surface area contributed by atoms with Gasteiger partial charge in [-0.05, 0) is 57.3 Å². The normalized spacial score (nSPS) is 17.9. The van der Waals surface area contributed by atoms with Gasteiger partial charge in [-0.3, -0.25) is 0 Å². The predicted octanol–water partition coefficient (Wildman–Crippen LogP) is 5.11. The monoisotopic (exact) mass is 317 g/mol. The van der Waals surface area contributed by atoms with Gasteiger partial charge in [0.2, 0.25) is 0 Å². The smallest absolute Gasteiger partial charge is 0.158 e. The van der Waals surface area contributed by atoms with E-state index in [2.05, 4.69) is 90.0 Å². The molecule has 122 valence electrons. The number of para-hydroxylation sites is 2. The Morgan fingerprint density at radius 2 is 1.67 bits per heavy atom. The molecule has 1 aliphatic heterocycles. The van der Waals surface area contributed by atoms with E-state index in [1.165, 1.54) is 5.56 Å². The minimum atomic E-state index is 0.111. The van der Waals surface area contributed by atoms with E-state index in [0.717, 1.165) is 22.9 Å². The van der Waals surface area contributed by atoms with Crippen LogP contribution < -0.4 is 9.80 Å². The molecule has 3 nitrogen and oxygen atoms in total. The SMILES string of the molecule is C=NC1=C(/C=C\C)N(c2ccccc2)C(C)N1c1ccccc1C. The highest BCUT2D eigenvalue weighted by molar-refractivity contribution is 5.70. The van der Waals surface area contributed by atoms with Gasteiger partial charge in [0.15, 0.2) is 5.82 Å². The minimum Gasteiger partial charge on any atom is -0.317 e. The van der Waals surface area contributed by atoms with E-state index < -0.39 is 0 Å². The number of benzene rings is 2. The Labute approximate surface area is 144 Å². The molecule has 2 aromatic carbocycles. The molecule has 0 aromatic heterocycles. The average Bonchev–Trinajstić information content (AvgIpc) is 2.88. The summed E-state index contributed by atoms with van der Waals surface area (Å²) >= 11 is 0. The van der Waals surface area contributed by atoms with Crippen molar-refractivity contribution < 1.29 is 0 Å². The summed E-state index contributed by atoms with van der Waals surface area (Å²) in [5.41, 5.74) is 4.60. The van der Waals surface area contributed by atoms with Crippen LogP contribution in [-0.2, 0) is 0 Å². The molecule has 0 spiro atoms. The topological polar surface area (TPSA) is 18.8 Å². The first-order valence-corrected chi connectivity index (χ1v) is 8.22. The van der Waals surface area contributed by atoms with Crippen LogP contribution in [0.2, 0.25) is 0 Å². The molecule has 0 fully saturated rings. The second kappa shape index (κ2) is 6.75. The molecule has 3 rings (SSSR count). The molecule has 3 heteroatoms. The molecule has 24 heavy (non-hydrogen) atoms. The van der Waals surface area contributed by atoms with Gasteiger partial charge in [0.25, 0.3) is 0 Å². The summed E-state index contributed by atoms with van der Waals surface area (Å²) in [5, 5.41) is 0. The van der Waals surface area contributed by atoms with Gasteiger partial charge in [0.1, 0.15) is 6.17 Å². The van der Waals surface area contributed by atoms with Gasteiger partial charge in [-0.15, -0.1) is 0 Å². The van der Waals surface area contributed by atoms with Gasteiger partial charge in [-0.1, -0.05) is 42.5 Å². The maximum Gasteiger partial charge on any atom is 0.158 e. The fraction of sp³-hybridized carbons (Fsp3) is 0.190. The molecule has 0 saturated heterocycles. The molecule has 0 saturated carbocycles. The zero-order valence-electron chi connectivity index (χ0n) is 14.5. The molecule has 1 atom stereocenters. The van der Waals surface area contributed by atoms with E-state index in [-0.39, 0.29) is 6.17 Å². The summed E-state index contributed by atoms with van der Waals surface area (Å²) in [4.78, 5) is 8.93. The van der Waals surface area contributed by atoms with E-state index in [1.54, 1.807) is 0 Å². The van der Waals surface area contributed by atoms with Crippen LogP contribution in [0.1, 0.15) is 19.4 Å². The van der Waals surface area contributed by atoms with Crippen molar-refractivity contribution in [3.8, 4) is 0 Å². The van der Waals surface area contributed by atoms with Crippen molar-refractivity contribution in [2.75, 3.05) is 9.80 Å². The van der Waals surface area contributed by atoms with E-state index in [4.69, 9.17) is 0 Å². The lowest BCUT2D eigenvalue weighted by atomic mass is 10.2. The van der Waals surface area contributed by atoms with Gasteiger partial charge in [-0.25, -0.2) is 4.99 Å². The van der Waals surface area contributed by atoms with Crippen LogP contribution >= 0.6 is 0 Å². The lowest BCUT2D eigenvalue weighted by Gasteiger charge is -2.32. The number of rotatable bonds is 4. The third kappa shape index (κ3) is 2.62. The largest absolute Gasteiger partial charge is 0.317 e. The summed E-state index contributed by atoms with van der Waals surface area (Å²) in [6, 6.07) is 18.8. The van der Waals surface area contributed by atoms with E-state index in [0.29, 0.717) is 0 Å². The van der Waals surface area contributed by atoms with Crippen molar-refractivity contribution in [2.45, 2.75) is 26.9 Å². The third-order valence-corrected chi connectivity index (χ3v) is 4.35. The predicted molar refractivity (Wildman–Crippen MR) is 103 cm³/mol. The summed E-state index contributed by atoms with van der Waals surface area (Å²) in [5.74, 6) is 0.888. The molecule has 2 aromatic rings. The Hall–Kier alpha value is -2.81. The molecule has 1 unspecified atom stereocenters. The highest BCUT2D eigenvalue weighted by Crippen LogP contribution is 2.39. The number of hydrogen-bond acceptors (Lipinski definition) is 3. The molecular formula is C21H23N3. The zero-order valence-corrected chi connectivity index (χ0v) is 14.5. The van der Waals surface area contributed by atoms with Crippen LogP contribution in [0.25, 0.3) is 0 Å². The van der Waals surface area contributed by atoms with Crippen LogP contribution in [0.4, 0.5) is 11.4 Å². The quantitative estimate of drug-likeness (QED) is 0.729. The molecule has 0 N–H and O–H groups in total. The fourth-order valence-electron chi connectivity index (χ4n) is 3.29. The summed E-state index contributed by atoms with van der Waals surface area (Å²) in [6.45, 7) is 10.2. The van der Waals surface area contributed by atoms with E-state index in [1.807, 2.05) is 19.1 Å². The second-order valence-corrected chi connectivity index (χ2v) is 5.86. The Bertz CT molecular complexity index is 790. The number of aryl methyl sites for hydroxylation is 1. The number of hydrogen-bond donors (Lipinski definition) is 0. The first-order chi connectivity index (χ1) is 11.7. The van der Waals surface area contributed by atoms with Crippen LogP contribution in [0.5, 0.6) is 0 Å². The second-order valence-electron chi connectivity index (χ2n) is 5.86. The number of aliphatic imine (C=N–C) groups is 1. The van der Waals surface area contributed by atoms with Crippen molar-refractivity contribution >= 4 is 18.1 Å². The van der Waals surface area contributed by atoms with E-state index >= 15 is 0 Å². The van der Waals surface area contributed by atoms with Crippen LogP contribution in [0.3, 0.4) is 0 Å². The summed E-state index contributed by atoms with van der Waals surface area (Å²) in [6.07, 6.45) is 4.26. The van der Waals surface area contributed by atoms with Crippen LogP contribution in [0, 0.1) is 6.92 Å². The molecule has 0 amide bonds. The molecule has 1 aliphatic rings. The lowest BCUT2D eigenvalue weighted by molar-refractivity contribution is 0.728. The van der Waals surface area contributed by atoms with Gasteiger partial charge >= 0.3 is 0 Å². The van der Waals surface area contributed by atoms with Crippen LogP contribution in [0.15, 0.2) is 83.3 Å².